The minimum atomic E-state index is -0.456. The molecule has 2 N–H and O–H groups in total. The Labute approximate surface area is 155 Å². The van der Waals surface area contributed by atoms with Gasteiger partial charge in [0.25, 0.3) is 0 Å². The van der Waals surface area contributed by atoms with Crippen LogP contribution >= 0.6 is 11.3 Å². The highest BCUT2D eigenvalue weighted by Crippen LogP contribution is 2.22. The highest BCUT2D eigenvalue weighted by atomic mass is 32.1. The second-order valence-electron chi connectivity index (χ2n) is 5.77. The first-order chi connectivity index (χ1) is 12.7. The maximum atomic E-state index is 13.6. The number of benzene rings is 2. The van der Waals surface area contributed by atoms with E-state index in [1.807, 2.05) is 18.2 Å². The molecular formula is C19H20F2N4S. The molecule has 7 heteroatoms. The summed E-state index contributed by atoms with van der Waals surface area (Å²) in [7, 11) is 1.64. The van der Waals surface area contributed by atoms with Crippen molar-refractivity contribution in [1.82, 2.24) is 15.6 Å². The SMILES string of the molecule is CN=C(NCCCc1nc2ccccc2s1)NCc1cc(F)ccc1F. The Balaban J connectivity index is 1.44. The lowest BCUT2D eigenvalue weighted by Crippen LogP contribution is -2.37. The van der Waals surface area contributed by atoms with E-state index < -0.39 is 11.6 Å². The van der Waals surface area contributed by atoms with E-state index in [0.29, 0.717) is 12.5 Å². The summed E-state index contributed by atoms with van der Waals surface area (Å²) in [6.07, 6.45) is 1.77. The summed E-state index contributed by atoms with van der Waals surface area (Å²) < 4.78 is 28.0. The molecule has 0 bridgehead atoms. The van der Waals surface area contributed by atoms with Gasteiger partial charge in [-0.1, -0.05) is 12.1 Å². The smallest absolute Gasteiger partial charge is 0.191 e. The van der Waals surface area contributed by atoms with Gasteiger partial charge in [0.1, 0.15) is 11.6 Å². The second kappa shape index (κ2) is 8.71. The van der Waals surface area contributed by atoms with E-state index in [2.05, 4.69) is 26.7 Å². The zero-order valence-electron chi connectivity index (χ0n) is 14.4. The maximum absolute atomic E-state index is 13.6. The molecule has 0 amide bonds. The Morgan fingerprint density at radius 3 is 2.81 bits per heavy atom. The predicted octanol–water partition coefficient (Wildman–Crippen LogP) is 3.87. The number of halogens is 2. The van der Waals surface area contributed by atoms with Crippen LogP contribution in [0.5, 0.6) is 0 Å². The fourth-order valence-electron chi connectivity index (χ4n) is 2.55. The Hall–Kier alpha value is -2.54. The van der Waals surface area contributed by atoms with Crippen molar-refractivity contribution in [2.24, 2.45) is 4.99 Å². The van der Waals surface area contributed by atoms with Crippen molar-refractivity contribution in [3.05, 3.63) is 64.7 Å². The van der Waals surface area contributed by atoms with Crippen LogP contribution in [0.2, 0.25) is 0 Å². The highest BCUT2D eigenvalue weighted by Gasteiger charge is 2.06. The van der Waals surface area contributed by atoms with Crippen LogP contribution in [0.1, 0.15) is 17.0 Å². The molecule has 1 heterocycles. The van der Waals surface area contributed by atoms with Crippen LogP contribution in [0.25, 0.3) is 10.2 Å². The first-order valence-corrected chi connectivity index (χ1v) is 9.20. The van der Waals surface area contributed by atoms with Crippen LogP contribution in [0.4, 0.5) is 8.78 Å². The molecule has 0 unspecified atom stereocenters. The molecule has 0 radical (unpaired) electrons. The zero-order chi connectivity index (χ0) is 18.4. The molecule has 0 saturated carbocycles. The van der Waals surface area contributed by atoms with E-state index in [9.17, 15) is 8.78 Å². The summed E-state index contributed by atoms with van der Waals surface area (Å²) in [6, 6.07) is 11.5. The minimum Gasteiger partial charge on any atom is -0.356 e. The van der Waals surface area contributed by atoms with Crippen LogP contribution in [0.3, 0.4) is 0 Å². The number of para-hydroxylation sites is 1. The number of aliphatic imine (C=N–C) groups is 1. The number of thiazole rings is 1. The molecule has 0 fully saturated rings. The van der Waals surface area contributed by atoms with Crippen molar-refractivity contribution in [1.29, 1.82) is 0 Å². The summed E-state index contributed by atoms with van der Waals surface area (Å²) in [5.74, 6) is -0.342. The molecule has 0 aliphatic heterocycles. The second-order valence-corrected chi connectivity index (χ2v) is 6.88. The van der Waals surface area contributed by atoms with Crippen molar-refractivity contribution in [3.8, 4) is 0 Å². The van der Waals surface area contributed by atoms with Crippen molar-refractivity contribution in [3.63, 3.8) is 0 Å². The van der Waals surface area contributed by atoms with Gasteiger partial charge in [0, 0.05) is 32.1 Å². The van der Waals surface area contributed by atoms with Crippen LogP contribution in [0.15, 0.2) is 47.5 Å². The number of aryl methyl sites for hydroxylation is 1. The number of nitrogens with one attached hydrogen (secondary N) is 2. The van der Waals surface area contributed by atoms with Crippen molar-refractivity contribution < 1.29 is 8.78 Å². The van der Waals surface area contributed by atoms with E-state index in [1.165, 1.54) is 10.8 Å². The van der Waals surface area contributed by atoms with E-state index >= 15 is 0 Å². The molecule has 3 rings (SSSR count). The van der Waals surface area contributed by atoms with Gasteiger partial charge in [-0.05, 0) is 36.8 Å². The Morgan fingerprint density at radius 2 is 2.00 bits per heavy atom. The van der Waals surface area contributed by atoms with Crippen LogP contribution in [-0.2, 0) is 13.0 Å². The number of hydrogen-bond acceptors (Lipinski definition) is 3. The molecule has 2 aromatic carbocycles. The quantitative estimate of drug-likeness (QED) is 0.391. The molecule has 26 heavy (non-hydrogen) atoms. The zero-order valence-corrected chi connectivity index (χ0v) is 15.2. The maximum Gasteiger partial charge on any atom is 0.191 e. The summed E-state index contributed by atoms with van der Waals surface area (Å²) in [5, 5.41) is 7.28. The normalized spacial score (nSPS) is 11.7. The summed E-state index contributed by atoms with van der Waals surface area (Å²) in [6.45, 7) is 0.877. The molecule has 1 aromatic heterocycles. The lowest BCUT2D eigenvalue weighted by atomic mass is 10.2. The monoisotopic (exact) mass is 374 g/mol. The third kappa shape index (κ3) is 4.76. The lowest BCUT2D eigenvalue weighted by Gasteiger charge is -2.12. The van der Waals surface area contributed by atoms with Gasteiger partial charge in [0.15, 0.2) is 5.96 Å². The van der Waals surface area contributed by atoms with E-state index in [1.54, 1.807) is 18.4 Å². The van der Waals surface area contributed by atoms with Gasteiger partial charge in [-0.15, -0.1) is 11.3 Å². The van der Waals surface area contributed by atoms with Gasteiger partial charge in [-0.2, -0.15) is 0 Å². The first kappa shape index (κ1) is 18.3. The Bertz CT molecular complexity index is 874. The first-order valence-electron chi connectivity index (χ1n) is 8.38. The van der Waals surface area contributed by atoms with Crippen molar-refractivity contribution in [2.45, 2.75) is 19.4 Å². The third-order valence-electron chi connectivity index (χ3n) is 3.88. The van der Waals surface area contributed by atoms with Gasteiger partial charge >= 0.3 is 0 Å². The molecule has 136 valence electrons. The molecule has 0 atom stereocenters. The van der Waals surface area contributed by atoms with Gasteiger partial charge < -0.3 is 10.6 Å². The lowest BCUT2D eigenvalue weighted by molar-refractivity contribution is 0.581. The summed E-state index contributed by atoms with van der Waals surface area (Å²) >= 11 is 1.71. The largest absolute Gasteiger partial charge is 0.356 e. The number of fused-ring (bicyclic) bond motifs is 1. The number of rotatable bonds is 6. The number of hydrogen-bond donors (Lipinski definition) is 2. The van der Waals surface area contributed by atoms with Crippen LogP contribution in [-0.4, -0.2) is 24.5 Å². The highest BCUT2D eigenvalue weighted by molar-refractivity contribution is 7.18. The Kier molecular flexibility index (Phi) is 6.12. The predicted molar refractivity (Wildman–Crippen MR) is 103 cm³/mol. The van der Waals surface area contributed by atoms with Gasteiger partial charge in [-0.3, -0.25) is 4.99 Å². The van der Waals surface area contributed by atoms with Crippen molar-refractivity contribution >= 4 is 27.5 Å². The topological polar surface area (TPSA) is 49.3 Å². The molecule has 4 nitrogen and oxygen atoms in total. The molecule has 0 spiro atoms. The molecule has 0 aliphatic rings. The third-order valence-corrected chi connectivity index (χ3v) is 4.97. The summed E-state index contributed by atoms with van der Waals surface area (Å²) in [4.78, 5) is 8.71. The van der Waals surface area contributed by atoms with Gasteiger partial charge in [-0.25, -0.2) is 13.8 Å². The number of aromatic nitrogens is 1. The average molecular weight is 374 g/mol. The fourth-order valence-corrected chi connectivity index (χ4v) is 3.56. The minimum absolute atomic E-state index is 0.168. The van der Waals surface area contributed by atoms with Crippen LogP contribution < -0.4 is 10.6 Å². The van der Waals surface area contributed by atoms with Gasteiger partial charge in [0.05, 0.1) is 15.2 Å². The van der Waals surface area contributed by atoms with E-state index in [4.69, 9.17) is 0 Å². The molecule has 0 aliphatic carbocycles. The van der Waals surface area contributed by atoms with Gasteiger partial charge in [0.2, 0.25) is 0 Å². The fraction of sp³-hybridized carbons (Fsp3) is 0.263. The standard InChI is InChI=1S/C19H20F2N4S/c1-22-19(24-12-13-11-14(20)8-9-15(13)21)23-10-4-7-18-25-16-5-2-3-6-17(16)26-18/h2-3,5-6,8-9,11H,4,7,10,12H2,1H3,(H2,22,23,24). The van der Waals surface area contributed by atoms with E-state index in [-0.39, 0.29) is 12.1 Å². The van der Waals surface area contributed by atoms with E-state index in [0.717, 1.165) is 35.5 Å². The molecule has 3 aromatic rings. The van der Waals surface area contributed by atoms with Crippen LogP contribution in [0, 0.1) is 11.6 Å². The number of nitrogens with zero attached hydrogens (tertiary/aromatic N) is 2. The molecular weight excluding hydrogens is 354 g/mol. The number of guanidine groups is 1. The summed E-state index contributed by atoms with van der Waals surface area (Å²) in [5.41, 5.74) is 1.30. The van der Waals surface area contributed by atoms with Crippen molar-refractivity contribution in [2.75, 3.05) is 13.6 Å². The Morgan fingerprint density at radius 1 is 1.15 bits per heavy atom. The average Bonchev–Trinajstić information content (AvgIpc) is 3.06. The molecule has 0 saturated heterocycles.